The number of ether oxygens (including phenoxy) is 1. The van der Waals surface area contributed by atoms with Crippen molar-refractivity contribution in [2.45, 2.75) is 32.0 Å². The second kappa shape index (κ2) is 8.12. The van der Waals surface area contributed by atoms with E-state index >= 15 is 0 Å². The molecule has 0 radical (unpaired) electrons. The van der Waals surface area contributed by atoms with E-state index < -0.39 is 6.04 Å². The Labute approximate surface area is 190 Å². The van der Waals surface area contributed by atoms with Crippen LogP contribution in [-0.4, -0.2) is 55.5 Å². The Balaban J connectivity index is 1.46. The number of anilines is 1. The van der Waals surface area contributed by atoms with Crippen molar-refractivity contribution in [3.05, 3.63) is 59.9 Å². The second-order valence-electron chi connectivity index (χ2n) is 8.60. The molecule has 9 heteroatoms. The van der Waals surface area contributed by atoms with Gasteiger partial charge in [-0.25, -0.2) is 0 Å². The maximum atomic E-state index is 13.4. The highest BCUT2D eigenvalue weighted by atomic mass is 35.5. The van der Waals surface area contributed by atoms with Gasteiger partial charge in [0, 0.05) is 53.7 Å². The third-order valence-corrected chi connectivity index (χ3v) is 5.89. The predicted molar refractivity (Wildman–Crippen MR) is 124 cm³/mol. The fraction of sp³-hybridized carbons (Fsp3) is 0.304. The Kier molecular flexibility index (Phi) is 5.28. The summed E-state index contributed by atoms with van der Waals surface area (Å²) in [6.07, 6.45) is 8.51. The summed E-state index contributed by atoms with van der Waals surface area (Å²) in [5.74, 6) is -0.162. The van der Waals surface area contributed by atoms with Gasteiger partial charge in [0.1, 0.15) is 6.04 Å². The number of halogens is 1. The first kappa shape index (κ1) is 20.8. The number of carbonyl (C=O) groups is 1. The molecule has 1 fully saturated rings. The van der Waals surface area contributed by atoms with Crippen molar-refractivity contribution in [1.82, 2.24) is 24.8 Å². The van der Waals surface area contributed by atoms with Crippen LogP contribution in [0.5, 0.6) is 0 Å². The Bertz CT molecular complexity index is 1290. The van der Waals surface area contributed by atoms with Crippen molar-refractivity contribution in [2.75, 3.05) is 18.5 Å². The Morgan fingerprint density at radius 2 is 2.09 bits per heavy atom. The number of nitrogens with one attached hydrogen (secondary N) is 2. The van der Waals surface area contributed by atoms with Gasteiger partial charge in [0.25, 0.3) is 0 Å². The van der Waals surface area contributed by atoms with E-state index in [0.29, 0.717) is 23.8 Å². The first-order valence-electron chi connectivity index (χ1n) is 10.4. The molecule has 0 aliphatic carbocycles. The number of aromatic amines is 1. The van der Waals surface area contributed by atoms with E-state index in [-0.39, 0.29) is 18.1 Å². The number of fused-ring (bicyclic) bond motifs is 3. The third-order valence-electron chi connectivity index (χ3n) is 5.67. The van der Waals surface area contributed by atoms with Crippen molar-refractivity contribution in [2.24, 2.45) is 0 Å². The van der Waals surface area contributed by atoms with E-state index in [9.17, 15) is 4.79 Å². The number of morpholine rings is 1. The van der Waals surface area contributed by atoms with Crippen molar-refractivity contribution in [3.63, 3.8) is 0 Å². The minimum absolute atomic E-state index is 0.162. The lowest BCUT2D eigenvalue weighted by Gasteiger charge is -2.42. The summed E-state index contributed by atoms with van der Waals surface area (Å²) < 4.78 is 5.98. The van der Waals surface area contributed by atoms with E-state index in [2.05, 4.69) is 30.2 Å². The summed E-state index contributed by atoms with van der Waals surface area (Å²) in [4.78, 5) is 31.5. The third kappa shape index (κ3) is 4.04. The minimum Gasteiger partial charge on any atom is -0.372 e. The lowest BCUT2D eigenvalue weighted by molar-refractivity contribution is -0.144. The first-order chi connectivity index (χ1) is 15.4. The van der Waals surface area contributed by atoms with Crippen LogP contribution in [0.3, 0.4) is 0 Å². The van der Waals surface area contributed by atoms with Gasteiger partial charge >= 0.3 is 0 Å². The van der Waals surface area contributed by atoms with Crippen LogP contribution in [0.1, 0.15) is 19.5 Å². The van der Waals surface area contributed by atoms with E-state index in [1.54, 1.807) is 37.1 Å². The molecule has 0 spiro atoms. The molecule has 4 heterocycles. The molecule has 1 aromatic carbocycles. The van der Waals surface area contributed by atoms with Gasteiger partial charge in [-0.05, 0) is 32.0 Å². The molecular weight excluding hydrogens is 428 g/mol. The first-order valence-corrected chi connectivity index (χ1v) is 10.8. The van der Waals surface area contributed by atoms with E-state index in [4.69, 9.17) is 16.3 Å². The zero-order valence-corrected chi connectivity index (χ0v) is 18.6. The molecule has 0 saturated carbocycles. The zero-order valence-electron chi connectivity index (χ0n) is 17.8. The molecule has 2 N–H and O–H groups in total. The molecule has 1 saturated heterocycles. The molecular formula is C23H23ClN6O2. The number of H-pyrrole nitrogens is 1. The molecule has 8 nitrogen and oxygen atoms in total. The van der Waals surface area contributed by atoms with Crippen molar-refractivity contribution in [1.29, 1.82) is 0 Å². The SMILES string of the molecule is CC1(C)CN(Cc2cnccn2)[C@H](C(=O)Nc2cc(Cl)cc3c2[nH]c2cnccc23)CO1. The minimum atomic E-state index is -0.481. The Morgan fingerprint density at radius 1 is 1.25 bits per heavy atom. The standard InChI is InChI=1S/C23H23ClN6O2/c1-23(2)13-30(11-15-9-26-5-6-27-15)20(12-32-23)22(31)29-18-8-14(24)7-17-16-3-4-25-10-19(16)28-21(17)18/h3-10,20,28H,11-13H2,1-2H3,(H,29,31)/t20-/m0/s1. The molecule has 5 rings (SSSR count). The van der Waals surface area contributed by atoms with Crippen LogP contribution in [-0.2, 0) is 16.1 Å². The van der Waals surface area contributed by atoms with Crippen LogP contribution < -0.4 is 5.32 Å². The molecule has 1 atom stereocenters. The van der Waals surface area contributed by atoms with E-state index in [1.807, 2.05) is 26.0 Å². The zero-order chi connectivity index (χ0) is 22.3. The summed E-state index contributed by atoms with van der Waals surface area (Å²) in [6.45, 7) is 5.40. The summed E-state index contributed by atoms with van der Waals surface area (Å²) in [7, 11) is 0. The summed E-state index contributed by atoms with van der Waals surface area (Å²) in [5, 5.41) is 5.54. The Hall–Kier alpha value is -3.07. The molecule has 3 aromatic heterocycles. The van der Waals surface area contributed by atoms with Gasteiger partial charge in [0.2, 0.25) is 5.91 Å². The highest BCUT2D eigenvalue weighted by Crippen LogP contribution is 2.33. The fourth-order valence-electron chi connectivity index (χ4n) is 4.21. The van der Waals surface area contributed by atoms with Gasteiger partial charge in [-0.1, -0.05) is 11.6 Å². The average Bonchev–Trinajstić information content (AvgIpc) is 3.13. The van der Waals surface area contributed by atoms with Crippen LogP contribution in [0.2, 0.25) is 5.02 Å². The molecule has 0 unspecified atom stereocenters. The maximum absolute atomic E-state index is 13.4. The maximum Gasteiger partial charge on any atom is 0.244 e. The number of hydrogen-bond donors (Lipinski definition) is 2. The number of nitrogens with zero attached hydrogens (tertiary/aromatic N) is 4. The average molecular weight is 451 g/mol. The summed E-state index contributed by atoms with van der Waals surface area (Å²) in [6, 6.07) is 5.09. The molecule has 0 bridgehead atoms. The van der Waals surface area contributed by atoms with Crippen LogP contribution >= 0.6 is 11.6 Å². The lowest BCUT2D eigenvalue weighted by atomic mass is 10.0. The smallest absolute Gasteiger partial charge is 0.244 e. The monoisotopic (exact) mass is 450 g/mol. The molecule has 1 aliphatic heterocycles. The quantitative estimate of drug-likeness (QED) is 0.491. The van der Waals surface area contributed by atoms with E-state index in [1.165, 1.54) is 0 Å². The van der Waals surface area contributed by atoms with Gasteiger partial charge in [-0.15, -0.1) is 0 Å². The van der Waals surface area contributed by atoms with Crippen molar-refractivity contribution < 1.29 is 9.53 Å². The molecule has 1 amide bonds. The van der Waals surface area contributed by atoms with Crippen LogP contribution in [0, 0.1) is 0 Å². The number of pyridine rings is 1. The molecule has 32 heavy (non-hydrogen) atoms. The van der Waals surface area contributed by atoms with Gasteiger partial charge in [0.05, 0.1) is 40.8 Å². The number of amides is 1. The topological polar surface area (TPSA) is 96.0 Å². The van der Waals surface area contributed by atoms with Gasteiger partial charge in [0.15, 0.2) is 0 Å². The van der Waals surface area contributed by atoms with Crippen LogP contribution in [0.25, 0.3) is 21.8 Å². The number of aromatic nitrogens is 4. The normalized spacial score (nSPS) is 18.8. The van der Waals surface area contributed by atoms with Crippen LogP contribution in [0.15, 0.2) is 49.2 Å². The lowest BCUT2D eigenvalue weighted by Crippen LogP contribution is -2.57. The van der Waals surface area contributed by atoms with Crippen LogP contribution in [0.4, 0.5) is 5.69 Å². The number of rotatable bonds is 4. The largest absolute Gasteiger partial charge is 0.372 e. The summed E-state index contributed by atoms with van der Waals surface area (Å²) >= 11 is 6.39. The Morgan fingerprint density at radius 3 is 2.91 bits per heavy atom. The number of hydrogen-bond acceptors (Lipinski definition) is 6. The van der Waals surface area contributed by atoms with Gasteiger partial charge in [-0.3, -0.25) is 24.6 Å². The highest BCUT2D eigenvalue weighted by molar-refractivity contribution is 6.33. The van der Waals surface area contributed by atoms with Gasteiger partial charge in [-0.2, -0.15) is 0 Å². The molecule has 4 aromatic rings. The van der Waals surface area contributed by atoms with Crippen molar-refractivity contribution in [3.8, 4) is 0 Å². The number of benzene rings is 1. The van der Waals surface area contributed by atoms with E-state index in [0.717, 1.165) is 27.5 Å². The van der Waals surface area contributed by atoms with Gasteiger partial charge < -0.3 is 15.0 Å². The summed E-state index contributed by atoms with van der Waals surface area (Å²) in [5.41, 5.74) is 2.75. The molecule has 1 aliphatic rings. The highest BCUT2D eigenvalue weighted by Gasteiger charge is 2.38. The fourth-order valence-corrected chi connectivity index (χ4v) is 4.43. The van der Waals surface area contributed by atoms with Crippen molar-refractivity contribution >= 4 is 45.0 Å². The number of carbonyl (C=O) groups excluding carboxylic acids is 1. The predicted octanol–water partition coefficient (Wildman–Crippen LogP) is 3.78. The second-order valence-corrected chi connectivity index (χ2v) is 9.04. The molecule has 164 valence electrons.